The average molecular weight is 223 g/mol. The minimum atomic E-state index is -0.487. The Hall–Kier alpha value is -1.75. The molecular weight excluding hydrogens is 210 g/mol. The predicted octanol–water partition coefficient (Wildman–Crippen LogP) is 0.849. The lowest BCUT2D eigenvalue weighted by Gasteiger charge is -2.14. The molecule has 5 nitrogen and oxygen atoms in total. The van der Waals surface area contributed by atoms with E-state index in [1.807, 2.05) is 6.07 Å². The van der Waals surface area contributed by atoms with Crippen LogP contribution < -0.4 is 14.8 Å². The smallest absolute Gasteiger partial charge is 0.327 e. The van der Waals surface area contributed by atoms with Gasteiger partial charge in [0.2, 0.25) is 6.79 Å². The number of ether oxygens (including phenoxy) is 3. The summed E-state index contributed by atoms with van der Waals surface area (Å²) in [6.45, 7) is 0.223. The summed E-state index contributed by atoms with van der Waals surface area (Å²) in [7, 11) is 3.06. The SMILES string of the molecule is CNC(C(=O)OC)c1ccc2c(c1)OCO2. The number of methoxy groups -OCH3 is 1. The van der Waals surface area contributed by atoms with E-state index in [2.05, 4.69) is 5.32 Å². The van der Waals surface area contributed by atoms with Crippen LogP contribution in [0.2, 0.25) is 0 Å². The van der Waals surface area contributed by atoms with Crippen molar-refractivity contribution < 1.29 is 19.0 Å². The molecule has 16 heavy (non-hydrogen) atoms. The first kappa shape index (κ1) is 10.8. The van der Waals surface area contributed by atoms with E-state index in [0.717, 1.165) is 5.56 Å². The molecule has 1 unspecified atom stereocenters. The van der Waals surface area contributed by atoms with Gasteiger partial charge in [-0.3, -0.25) is 0 Å². The molecule has 2 rings (SSSR count). The van der Waals surface area contributed by atoms with Crippen LogP contribution in [0.5, 0.6) is 11.5 Å². The molecular formula is C11H13NO4. The van der Waals surface area contributed by atoms with Crippen molar-refractivity contribution in [2.45, 2.75) is 6.04 Å². The Bertz CT molecular complexity index is 405. The molecule has 1 aliphatic heterocycles. The molecule has 0 saturated heterocycles. The lowest BCUT2D eigenvalue weighted by Crippen LogP contribution is -2.26. The van der Waals surface area contributed by atoms with Gasteiger partial charge in [-0.15, -0.1) is 0 Å². The predicted molar refractivity (Wildman–Crippen MR) is 56.4 cm³/mol. The molecule has 1 N–H and O–H groups in total. The van der Waals surface area contributed by atoms with Crippen LogP contribution in [0.1, 0.15) is 11.6 Å². The number of hydrogen-bond acceptors (Lipinski definition) is 5. The van der Waals surface area contributed by atoms with Crippen LogP contribution in [-0.2, 0) is 9.53 Å². The third-order valence-corrected chi connectivity index (χ3v) is 2.46. The van der Waals surface area contributed by atoms with Crippen molar-refractivity contribution >= 4 is 5.97 Å². The first-order valence-corrected chi connectivity index (χ1v) is 4.91. The Kier molecular flexibility index (Phi) is 2.96. The van der Waals surface area contributed by atoms with Crippen molar-refractivity contribution in [1.82, 2.24) is 5.32 Å². The van der Waals surface area contributed by atoms with Crippen LogP contribution in [0.3, 0.4) is 0 Å². The van der Waals surface area contributed by atoms with Crippen molar-refractivity contribution in [2.24, 2.45) is 0 Å². The van der Waals surface area contributed by atoms with Gasteiger partial charge in [0.1, 0.15) is 6.04 Å². The second kappa shape index (κ2) is 4.40. The summed E-state index contributed by atoms with van der Waals surface area (Å²) >= 11 is 0. The molecule has 1 aromatic rings. The average Bonchev–Trinajstić information content (AvgIpc) is 2.77. The fraction of sp³-hybridized carbons (Fsp3) is 0.364. The molecule has 1 aromatic carbocycles. The van der Waals surface area contributed by atoms with Crippen molar-refractivity contribution in [3.05, 3.63) is 23.8 Å². The molecule has 0 fully saturated rings. The zero-order valence-corrected chi connectivity index (χ0v) is 9.15. The number of hydrogen-bond donors (Lipinski definition) is 1. The summed E-state index contributed by atoms with van der Waals surface area (Å²) in [5.74, 6) is 1.02. The third-order valence-electron chi connectivity index (χ3n) is 2.46. The topological polar surface area (TPSA) is 56.8 Å². The summed E-state index contributed by atoms with van der Waals surface area (Å²) in [5, 5.41) is 2.89. The molecule has 1 heterocycles. The zero-order valence-electron chi connectivity index (χ0n) is 9.15. The largest absolute Gasteiger partial charge is 0.468 e. The van der Waals surface area contributed by atoms with Crippen LogP contribution in [0.25, 0.3) is 0 Å². The maximum atomic E-state index is 11.5. The Labute approximate surface area is 93.3 Å². The van der Waals surface area contributed by atoms with Crippen LogP contribution in [0.4, 0.5) is 0 Å². The van der Waals surface area contributed by atoms with E-state index in [9.17, 15) is 4.79 Å². The van der Waals surface area contributed by atoms with Gasteiger partial charge in [-0.2, -0.15) is 0 Å². The first-order valence-electron chi connectivity index (χ1n) is 4.91. The number of esters is 1. The van der Waals surface area contributed by atoms with Crippen LogP contribution in [0, 0.1) is 0 Å². The lowest BCUT2D eigenvalue weighted by atomic mass is 10.1. The molecule has 0 aliphatic carbocycles. The second-order valence-electron chi connectivity index (χ2n) is 3.36. The number of likely N-dealkylation sites (N-methyl/N-ethyl adjacent to an activating group) is 1. The van der Waals surface area contributed by atoms with Gasteiger partial charge in [-0.1, -0.05) is 6.07 Å². The highest BCUT2D eigenvalue weighted by molar-refractivity contribution is 5.77. The molecule has 1 atom stereocenters. The zero-order chi connectivity index (χ0) is 11.5. The summed E-state index contributed by atoms with van der Waals surface area (Å²) in [6, 6.07) is 4.89. The molecule has 0 bridgehead atoms. The van der Waals surface area contributed by atoms with Gasteiger partial charge in [0.05, 0.1) is 7.11 Å². The highest BCUT2D eigenvalue weighted by atomic mass is 16.7. The summed E-state index contributed by atoms with van der Waals surface area (Å²) in [6.07, 6.45) is 0. The lowest BCUT2D eigenvalue weighted by molar-refractivity contribution is -0.143. The number of rotatable bonds is 3. The summed E-state index contributed by atoms with van der Waals surface area (Å²) in [5.41, 5.74) is 0.790. The third kappa shape index (κ3) is 1.81. The molecule has 86 valence electrons. The Morgan fingerprint density at radius 2 is 2.19 bits per heavy atom. The maximum Gasteiger partial charge on any atom is 0.327 e. The van der Waals surface area contributed by atoms with Gasteiger partial charge in [-0.25, -0.2) is 4.79 Å². The van der Waals surface area contributed by atoms with E-state index >= 15 is 0 Å². The van der Waals surface area contributed by atoms with E-state index in [4.69, 9.17) is 14.2 Å². The van der Waals surface area contributed by atoms with E-state index in [0.29, 0.717) is 11.5 Å². The Morgan fingerprint density at radius 3 is 2.88 bits per heavy atom. The number of carbonyl (C=O) groups is 1. The monoisotopic (exact) mass is 223 g/mol. The molecule has 0 radical (unpaired) electrons. The molecule has 1 aliphatic rings. The molecule has 0 amide bonds. The van der Waals surface area contributed by atoms with Gasteiger partial charge in [-0.05, 0) is 24.7 Å². The summed E-state index contributed by atoms with van der Waals surface area (Å²) < 4.78 is 15.1. The second-order valence-corrected chi connectivity index (χ2v) is 3.36. The van der Waals surface area contributed by atoms with E-state index in [1.54, 1.807) is 19.2 Å². The van der Waals surface area contributed by atoms with Crippen LogP contribution >= 0.6 is 0 Å². The number of benzene rings is 1. The summed E-state index contributed by atoms with van der Waals surface area (Å²) in [4.78, 5) is 11.5. The van der Waals surface area contributed by atoms with Crippen molar-refractivity contribution in [3.8, 4) is 11.5 Å². The number of fused-ring (bicyclic) bond motifs is 1. The molecule has 0 spiro atoms. The van der Waals surface area contributed by atoms with Gasteiger partial charge in [0.15, 0.2) is 11.5 Å². The van der Waals surface area contributed by atoms with Crippen molar-refractivity contribution in [3.63, 3.8) is 0 Å². The Balaban J connectivity index is 2.29. The first-order chi connectivity index (χ1) is 7.76. The van der Waals surface area contributed by atoms with Gasteiger partial charge >= 0.3 is 5.97 Å². The van der Waals surface area contributed by atoms with E-state index in [1.165, 1.54) is 7.11 Å². The highest BCUT2D eigenvalue weighted by Crippen LogP contribution is 2.34. The fourth-order valence-corrected chi connectivity index (χ4v) is 1.63. The van der Waals surface area contributed by atoms with Crippen LogP contribution in [0.15, 0.2) is 18.2 Å². The normalized spacial score (nSPS) is 14.6. The standard InChI is InChI=1S/C11H13NO4/c1-12-10(11(13)14-2)7-3-4-8-9(5-7)16-6-15-8/h3-5,10,12H,6H2,1-2H3. The molecule has 5 heteroatoms. The van der Waals surface area contributed by atoms with Gasteiger partial charge in [0, 0.05) is 0 Å². The van der Waals surface area contributed by atoms with Crippen molar-refractivity contribution in [2.75, 3.05) is 21.0 Å². The number of carbonyl (C=O) groups excluding carboxylic acids is 1. The quantitative estimate of drug-likeness (QED) is 0.770. The number of nitrogens with one attached hydrogen (secondary N) is 1. The van der Waals surface area contributed by atoms with Crippen LogP contribution in [-0.4, -0.2) is 26.9 Å². The highest BCUT2D eigenvalue weighted by Gasteiger charge is 2.22. The minimum Gasteiger partial charge on any atom is -0.468 e. The maximum absolute atomic E-state index is 11.5. The molecule has 0 saturated carbocycles. The Morgan fingerprint density at radius 1 is 1.44 bits per heavy atom. The van der Waals surface area contributed by atoms with E-state index in [-0.39, 0.29) is 12.8 Å². The van der Waals surface area contributed by atoms with Gasteiger partial charge < -0.3 is 19.5 Å². The van der Waals surface area contributed by atoms with E-state index < -0.39 is 6.04 Å². The fourth-order valence-electron chi connectivity index (χ4n) is 1.63. The van der Waals surface area contributed by atoms with Gasteiger partial charge in [0.25, 0.3) is 0 Å². The minimum absolute atomic E-state index is 0.223. The van der Waals surface area contributed by atoms with Crippen molar-refractivity contribution in [1.29, 1.82) is 0 Å². The molecule has 0 aromatic heterocycles.